The van der Waals surface area contributed by atoms with Crippen LogP contribution in [-0.4, -0.2) is 14.8 Å². The third-order valence-electron chi connectivity index (χ3n) is 4.03. The van der Waals surface area contributed by atoms with Crippen LogP contribution in [0.5, 0.6) is 0 Å². The van der Waals surface area contributed by atoms with Crippen molar-refractivity contribution in [1.29, 1.82) is 10.5 Å². The normalized spacial score (nSPS) is 11.0. The average Bonchev–Trinajstić information content (AvgIpc) is 2.95. The van der Waals surface area contributed by atoms with Crippen molar-refractivity contribution in [3.8, 4) is 23.3 Å². The fourth-order valence-electron chi connectivity index (χ4n) is 3.07. The van der Waals surface area contributed by atoms with Gasteiger partial charge in [0.15, 0.2) is 0 Å². The molecule has 11 heteroatoms. The van der Waals surface area contributed by atoms with E-state index in [4.69, 9.17) is 0 Å². The summed E-state index contributed by atoms with van der Waals surface area (Å²) in [5.74, 6) is 0. The Morgan fingerprint density at radius 1 is 0.815 bits per heavy atom. The van der Waals surface area contributed by atoms with E-state index in [1.165, 1.54) is 12.1 Å². The van der Waals surface area contributed by atoms with Crippen molar-refractivity contribution >= 4 is 22.6 Å². The molecule has 130 valence electrons. The molecule has 0 saturated heterocycles. The van der Waals surface area contributed by atoms with Gasteiger partial charge in [0, 0.05) is 17.2 Å². The summed E-state index contributed by atoms with van der Waals surface area (Å²) in [7, 11) is 0. The van der Waals surface area contributed by atoms with Gasteiger partial charge in [0.1, 0.15) is 17.7 Å². The van der Waals surface area contributed by atoms with Crippen LogP contribution >= 0.6 is 0 Å². The summed E-state index contributed by atoms with van der Waals surface area (Å²) in [4.78, 5) is 30.9. The minimum atomic E-state index is -1.30. The zero-order valence-electron chi connectivity index (χ0n) is 13.1. The Hall–Kier alpha value is -4.64. The molecule has 0 saturated carbocycles. The Kier molecular flexibility index (Phi) is 3.83. The number of nitrogens with zero attached hydrogens (tertiary/aromatic N) is 5. The van der Waals surface area contributed by atoms with Crippen LogP contribution in [0.4, 0.5) is 17.1 Å². The van der Waals surface area contributed by atoms with E-state index >= 15 is 0 Å². The van der Waals surface area contributed by atoms with E-state index in [1.807, 2.05) is 0 Å². The van der Waals surface area contributed by atoms with Gasteiger partial charge in [0.05, 0.1) is 20.3 Å². The highest BCUT2D eigenvalue weighted by Crippen LogP contribution is 2.54. The number of rotatable bonds is 3. The molecule has 3 rings (SSSR count). The molecule has 27 heavy (non-hydrogen) atoms. The smallest absolute Gasteiger partial charge is 0.258 e. The number of allylic oxidation sites excluding steroid dienone is 1. The number of nitriles is 2. The van der Waals surface area contributed by atoms with Gasteiger partial charge in [0.2, 0.25) is 0 Å². The van der Waals surface area contributed by atoms with Crippen molar-refractivity contribution in [1.82, 2.24) is 0 Å². The van der Waals surface area contributed by atoms with Crippen LogP contribution in [0.3, 0.4) is 0 Å². The summed E-state index contributed by atoms with van der Waals surface area (Å²) < 4.78 is 0. The van der Waals surface area contributed by atoms with Gasteiger partial charge in [0.25, 0.3) is 0 Å². The first-order chi connectivity index (χ1) is 12.8. The molecule has 0 heterocycles. The molecule has 0 bridgehead atoms. The van der Waals surface area contributed by atoms with Crippen LogP contribution in [0.1, 0.15) is 11.1 Å². The van der Waals surface area contributed by atoms with Gasteiger partial charge < -0.3 is 0 Å². The Labute approximate surface area is 149 Å². The minimum Gasteiger partial charge on any atom is -0.258 e. The summed E-state index contributed by atoms with van der Waals surface area (Å²) in [6.07, 6.45) is 0. The summed E-state index contributed by atoms with van der Waals surface area (Å²) in [6, 6.07) is 10.2. The second-order valence-electron chi connectivity index (χ2n) is 5.31. The highest BCUT2D eigenvalue weighted by Gasteiger charge is 2.45. The van der Waals surface area contributed by atoms with Gasteiger partial charge >= 0.3 is 17.1 Å². The van der Waals surface area contributed by atoms with Crippen LogP contribution in [0.15, 0.2) is 35.9 Å². The molecule has 0 atom stereocenters. The highest BCUT2D eigenvalue weighted by atomic mass is 16.6. The van der Waals surface area contributed by atoms with Gasteiger partial charge in [-0.2, -0.15) is 10.5 Å². The molecular weight excluding hydrogens is 358 g/mol. The zero-order chi connectivity index (χ0) is 19.9. The molecule has 0 unspecified atom stereocenters. The Morgan fingerprint density at radius 3 is 1.85 bits per heavy atom. The van der Waals surface area contributed by atoms with Crippen LogP contribution in [0.2, 0.25) is 0 Å². The maximum atomic E-state index is 11.6. The standard InChI is InChI=1S/C16H5N5O6/c17-6-8(7-18)13-10-4-2-1-3-9(10)11-5-12(19(22)23)15(20(24)25)16(14(11)13)21(26)27/h1-5H. The summed E-state index contributed by atoms with van der Waals surface area (Å²) >= 11 is 0. The number of hydrogen-bond donors (Lipinski definition) is 0. The van der Waals surface area contributed by atoms with Crippen LogP contribution < -0.4 is 0 Å². The van der Waals surface area contributed by atoms with E-state index in [9.17, 15) is 40.9 Å². The van der Waals surface area contributed by atoms with Gasteiger partial charge in [-0.25, -0.2) is 0 Å². The van der Waals surface area contributed by atoms with Crippen molar-refractivity contribution in [3.05, 3.63) is 77.4 Å². The largest absolute Gasteiger partial charge is 0.423 e. The molecule has 11 nitrogen and oxygen atoms in total. The minimum absolute atomic E-state index is 0.0207. The number of fused-ring (bicyclic) bond motifs is 3. The highest BCUT2D eigenvalue weighted by molar-refractivity contribution is 6.09. The molecule has 0 aromatic heterocycles. The first kappa shape index (κ1) is 17.2. The first-order valence-corrected chi connectivity index (χ1v) is 7.12. The monoisotopic (exact) mass is 363 g/mol. The topological polar surface area (TPSA) is 177 Å². The summed E-state index contributed by atoms with van der Waals surface area (Å²) in [6.45, 7) is 0. The van der Waals surface area contributed by atoms with E-state index in [1.54, 1.807) is 24.3 Å². The van der Waals surface area contributed by atoms with E-state index in [-0.39, 0.29) is 22.3 Å². The maximum Gasteiger partial charge on any atom is 0.423 e. The molecule has 2 aromatic carbocycles. The van der Waals surface area contributed by atoms with Crippen molar-refractivity contribution in [2.75, 3.05) is 0 Å². The predicted octanol–water partition coefficient (Wildman–Crippen LogP) is 3.24. The lowest BCUT2D eigenvalue weighted by atomic mass is 9.96. The fourth-order valence-corrected chi connectivity index (χ4v) is 3.07. The number of benzene rings is 2. The lowest BCUT2D eigenvalue weighted by Gasteiger charge is -2.05. The first-order valence-electron chi connectivity index (χ1n) is 7.12. The molecular formula is C16H5N5O6. The average molecular weight is 363 g/mol. The maximum absolute atomic E-state index is 11.6. The molecule has 0 N–H and O–H groups in total. The molecule has 2 aromatic rings. The third kappa shape index (κ3) is 2.35. The second kappa shape index (κ2) is 6.02. The van der Waals surface area contributed by atoms with Gasteiger partial charge in [-0.3, -0.25) is 30.3 Å². The quantitative estimate of drug-likeness (QED) is 0.386. The van der Waals surface area contributed by atoms with Gasteiger partial charge in [-0.15, -0.1) is 0 Å². The van der Waals surface area contributed by atoms with E-state index in [0.717, 1.165) is 6.07 Å². The van der Waals surface area contributed by atoms with Crippen LogP contribution in [0, 0.1) is 53.0 Å². The van der Waals surface area contributed by atoms with Gasteiger partial charge in [-0.05, 0) is 11.1 Å². The predicted molar refractivity (Wildman–Crippen MR) is 89.1 cm³/mol. The molecule has 0 aliphatic heterocycles. The Bertz CT molecular complexity index is 1170. The lowest BCUT2D eigenvalue weighted by molar-refractivity contribution is -0.441. The lowest BCUT2D eigenvalue weighted by Crippen LogP contribution is -2.05. The van der Waals surface area contributed by atoms with Gasteiger partial charge in [-0.1, -0.05) is 24.3 Å². The molecule has 0 spiro atoms. The van der Waals surface area contributed by atoms with Crippen molar-refractivity contribution in [2.24, 2.45) is 0 Å². The molecule has 0 fully saturated rings. The fraction of sp³-hybridized carbons (Fsp3) is 0. The van der Waals surface area contributed by atoms with Crippen LogP contribution in [0.25, 0.3) is 16.7 Å². The molecule has 1 aliphatic rings. The SMILES string of the molecule is N#CC(C#N)=C1c2ccccc2-c2cc([N+](=O)[O-])c([N+](=O)[O-])c([N+](=O)[O-])c21. The zero-order valence-corrected chi connectivity index (χ0v) is 13.1. The summed E-state index contributed by atoms with van der Waals surface area (Å²) in [5, 5.41) is 52.8. The Morgan fingerprint density at radius 2 is 1.37 bits per heavy atom. The van der Waals surface area contributed by atoms with Crippen molar-refractivity contribution in [3.63, 3.8) is 0 Å². The van der Waals surface area contributed by atoms with Crippen molar-refractivity contribution in [2.45, 2.75) is 0 Å². The molecule has 0 radical (unpaired) electrons. The number of nitro groups is 3. The Balaban J connectivity index is 2.66. The van der Waals surface area contributed by atoms with E-state index < -0.39 is 37.4 Å². The van der Waals surface area contributed by atoms with E-state index in [2.05, 4.69) is 0 Å². The van der Waals surface area contributed by atoms with Crippen molar-refractivity contribution < 1.29 is 14.8 Å². The molecule has 0 amide bonds. The van der Waals surface area contributed by atoms with E-state index in [0.29, 0.717) is 5.56 Å². The number of nitro benzene ring substituents is 3. The number of hydrogen-bond acceptors (Lipinski definition) is 8. The van der Waals surface area contributed by atoms with Crippen LogP contribution in [-0.2, 0) is 0 Å². The molecule has 1 aliphatic carbocycles. The second-order valence-corrected chi connectivity index (χ2v) is 5.31. The summed E-state index contributed by atoms with van der Waals surface area (Å²) in [5.41, 5.74) is -3.94. The third-order valence-corrected chi connectivity index (χ3v) is 4.03.